The maximum Gasteiger partial charge on any atom is 0.123 e. The highest BCUT2D eigenvalue weighted by Gasteiger charge is 1.94. The third-order valence-corrected chi connectivity index (χ3v) is 1.62. The summed E-state index contributed by atoms with van der Waals surface area (Å²) in [4.78, 5) is 0. The van der Waals surface area contributed by atoms with Crippen molar-refractivity contribution in [2.45, 2.75) is 6.42 Å². The lowest BCUT2D eigenvalue weighted by Gasteiger charge is -2.00. The molecule has 0 aliphatic heterocycles. The zero-order valence-electron chi connectivity index (χ0n) is 7.13. The molecule has 0 amide bonds. The fourth-order valence-electron chi connectivity index (χ4n) is 1.00. The molecule has 0 fully saturated rings. The lowest BCUT2D eigenvalue weighted by Crippen LogP contribution is -2.01. The Morgan fingerprint density at radius 2 is 2.00 bits per heavy atom. The lowest BCUT2D eigenvalue weighted by atomic mass is 10.1. The van der Waals surface area contributed by atoms with Crippen LogP contribution in [0.25, 0.3) is 0 Å². The third kappa shape index (κ3) is 3.07. The molecule has 3 N–H and O–H groups in total. The number of benzene rings is 1. The molecule has 3 heteroatoms. The van der Waals surface area contributed by atoms with Crippen LogP contribution in [0, 0.1) is 11.2 Å². The molecule has 13 heavy (non-hydrogen) atoms. The second-order valence-corrected chi connectivity index (χ2v) is 2.71. The Morgan fingerprint density at radius 3 is 2.54 bits per heavy atom. The van der Waals surface area contributed by atoms with Crippen molar-refractivity contribution in [2.24, 2.45) is 5.73 Å². The molecule has 0 unspecified atom stereocenters. The molecule has 0 atom stereocenters. The van der Waals surface area contributed by atoms with Crippen LogP contribution < -0.4 is 5.73 Å². The minimum atomic E-state index is -0.252. The van der Waals surface area contributed by atoms with Gasteiger partial charge in [0.25, 0.3) is 0 Å². The first kappa shape index (κ1) is 9.45. The van der Waals surface area contributed by atoms with Gasteiger partial charge in [-0.2, -0.15) is 0 Å². The Bertz CT molecular complexity index is 314. The largest absolute Gasteiger partial charge is 0.402 e. The van der Waals surface area contributed by atoms with Gasteiger partial charge in [0, 0.05) is 18.3 Å². The van der Waals surface area contributed by atoms with Crippen LogP contribution in [0.4, 0.5) is 4.39 Å². The van der Waals surface area contributed by atoms with Crippen LogP contribution in [-0.2, 0) is 6.42 Å². The van der Waals surface area contributed by atoms with E-state index in [-0.39, 0.29) is 5.82 Å². The van der Waals surface area contributed by atoms with E-state index in [1.165, 1.54) is 18.2 Å². The molecule has 1 aromatic carbocycles. The molecule has 0 aromatic heterocycles. The first-order chi connectivity index (χ1) is 6.22. The quantitative estimate of drug-likeness (QED) is 0.682. The van der Waals surface area contributed by atoms with Crippen molar-refractivity contribution in [1.29, 1.82) is 5.41 Å². The van der Waals surface area contributed by atoms with E-state index in [0.717, 1.165) is 11.8 Å². The van der Waals surface area contributed by atoms with E-state index in [1.807, 2.05) is 0 Å². The summed E-state index contributed by atoms with van der Waals surface area (Å²) in [5.74, 6) is -0.252. The number of halogens is 1. The van der Waals surface area contributed by atoms with Gasteiger partial charge in [-0.05, 0) is 23.8 Å². The second kappa shape index (κ2) is 4.40. The van der Waals surface area contributed by atoms with E-state index < -0.39 is 0 Å². The molecular weight excluding hydrogens is 167 g/mol. The highest BCUT2D eigenvalue weighted by molar-refractivity contribution is 5.68. The molecule has 0 spiro atoms. The molecule has 0 saturated heterocycles. The van der Waals surface area contributed by atoms with E-state index >= 15 is 0 Å². The van der Waals surface area contributed by atoms with Crippen molar-refractivity contribution < 1.29 is 4.39 Å². The fourth-order valence-corrected chi connectivity index (χ4v) is 1.00. The Kier molecular flexibility index (Phi) is 3.20. The molecule has 0 bridgehead atoms. The molecule has 2 nitrogen and oxygen atoms in total. The zero-order chi connectivity index (χ0) is 9.68. The van der Waals surface area contributed by atoms with Crippen molar-refractivity contribution in [3.63, 3.8) is 0 Å². The minimum Gasteiger partial charge on any atom is -0.402 e. The SMILES string of the molecule is N=C/C=C(\N)Cc1ccc(F)cc1. The molecule has 68 valence electrons. The minimum absolute atomic E-state index is 0.252. The summed E-state index contributed by atoms with van der Waals surface area (Å²) >= 11 is 0. The molecular formula is C10H11FN2. The Morgan fingerprint density at radius 1 is 1.38 bits per heavy atom. The van der Waals surface area contributed by atoms with Crippen LogP contribution in [0.3, 0.4) is 0 Å². The summed E-state index contributed by atoms with van der Waals surface area (Å²) in [6.07, 6.45) is 3.21. The molecule has 0 aliphatic carbocycles. The molecule has 0 heterocycles. The Balaban J connectivity index is 2.69. The van der Waals surface area contributed by atoms with E-state index in [0.29, 0.717) is 12.1 Å². The first-order valence-corrected chi connectivity index (χ1v) is 3.92. The molecule has 1 aromatic rings. The van der Waals surface area contributed by atoms with Gasteiger partial charge in [-0.1, -0.05) is 12.1 Å². The highest BCUT2D eigenvalue weighted by atomic mass is 19.1. The molecule has 0 radical (unpaired) electrons. The van der Waals surface area contributed by atoms with E-state index in [2.05, 4.69) is 0 Å². The number of nitrogens with two attached hydrogens (primary N) is 1. The standard InChI is InChI=1S/C10H11FN2/c11-9-3-1-8(2-4-9)7-10(13)5-6-12/h1-6,12H,7,13H2/b10-5-,12-6?. The number of hydrogen-bond donors (Lipinski definition) is 2. The van der Waals surface area contributed by atoms with Gasteiger partial charge in [-0.15, -0.1) is 0 Å². The van der Waals surface area contributed by atoms with Crippen LogP contribution in [0.2, 0.25) is 0 Å². The van der Waals surface area contributed by atoms with Crippen LogP contribution in [0.5, 0.6) is 0 Å². The molecule has 1 rings (SSSR count). The first-order valence-electron chi connectivity index (χ1n) is 3.92. The number of nitrogens with one attached hydrogen (secondary N) is 1. The molecule has 0 aliphatic rings. The van der Waals surface area contributed by atoms with Gasteiger partial charge in [0.1, 0.15) is 5.82 Å². The van der Waals surface area contributed by atoms with Gasteiger partial charge in [-0.3, -0.25) is 0 Å². The zero-order valence-corrected chi connectivity index (χ0v) is 7.13. The van der Waals surface area contributed by atoms with Crippen molar-refractivity contribution in [3.8, 4) is 0 Å². The fraction of sp³-hybridized carbons (Fsp3) is 0.100. The smallest absolute Gasteiger partial charge is 0.123 e. The Hall–Kier alpha value is -1.64. The van der Waals surface area contributed by atoms with Crippen molar-refractivity contribution in [3.05, 3.63) is 47.4 Å². The molecule has 0 saturated carbocycles. The summed E-state index contributed by atoms with van der Waals surface area (Å²) in [6.45, 7) is 0. The van der Waals surface area contributed by atoms with Crippen molar-refractivity contribution in [1.82, 2.24) is 0 Å². The van der Waals surface area contributed by atoms with Crippen molar-refractivity contribution in [2.75, 3.05) is 0 Å². The number of allylic oxidation sites excluding steroid dienone is 2. The van der Waals surface area contributed by atoms with Crippen molar-refractivity contribution >= 4 is 6.21 Å². The third-order valence-electron chi connectivity index (χ3n) is 1.62. The van der Waals surface area contributed by atoms with Crippen LogP contribution in [-0.4, -0.2) is 6.21 Å². The highest BCUT2D eigenvalue weighted by Crippen LogP contribution is 2.05. The summed E-state index contributed by atoms with van der Waals surface area (Å²) < 4.78 is 12.5. The van der Waals surface area contributed by atoms with Gasteiger partial charge in [-0.25, -0.2) is 4.39 Å². The maximum absolute atomic E-state index is 12.5. The second-order valence-electron chi connectivity index (χ2n) is 2.71. The van der Waals surface area contributed by atoms with Gasteiger partial charge in [0.2, 0.25) is 0 Å². The van der Waals surface area contributed by atoms with Crippen LogP contribution in [0.15, 0.2) is 36.0 Å². The topological polar surface area (TPSA) is 49.9 Å². The normalized spacial score (nSPS) is 11.3. The summed E-state index contributed by atoms with van der Waals surface area (Å²) in [5, 5.41) is 6.79. The average molecular weight is 178 g/mol. The maximum atomic E-state index is 12.5. The summed E-state index contributed by atoms with van der Waals surface area (Å²) in [6, 6.07) is 6.15. The summed E-state index contributed by atoms with van der Waals surface area (Å²) in [5.41, 5.74) is 7.11. The lowest BCUT2D eigenvalue weighted by molar-refractivity contribution is 0.627. The van der Waals surface area contributed by atoms with Crippen LogP contribution >= 0.6 is 0 Å². The predicted molar refractivity (Wildman–Crippen MR) is 51.2 cm³/mol. The number of rotatable bonds is 3. The van der Waals surface area contributed by atoms with Gasteiger partial charge >= 0.3 is 0 Å². The van der Waals surface area contributed by atoms with Gasteiger partial charge in [0.15, 0.2) is 0 Å². The van der Waals surface area contributed by atoms with E-state index in [9.17, 15) is 4.39 Å². The van der Waals surface area contributed by atoms with Crippen LogP contribution in [0.1, 0.15) is 5.56 Å². The van der Waals surface area contributed by atoms with E-state index in [1.54, 1.807) is 12.1 Å². The Labute approximate surface area is 76.4 Å². The average Bonchev–Trinajstić information content (AvgIpc) is 2.09. The monoisotopic (exact) mass is 178 g/mol. The number of hydrogen-bond acceptors (Lipinski definition) is 2. The van der Waals surface area contributed by atoms with Gasteiger partial charge in [0.05, 0.1) is 0 Å². The summed E-state index contributed by atoms with van der Waals surface area (Å²) in [7, 11) is 0. The predicted octanol–water partition coefficient (Wildman–Crippen LogP) is 1.86. The van der Waals surface area contributed by atoms with Gasteiger partial charge < -0.3 is 11.1 Å². The van der Waals surface area contributed by atoms with E-state index in [4.69, 9.17) is 11.1 Å².